The molecule has 154 valence electrons. The third-order valence-electron chi connectivity index (χ3n) is 4.20. The van der Waals surface area contributed by atoms with Crippen molar-refractivity contribution in [3.8, 4) is 0 Å². The number of esters is 1. The zero-order chi connectivity index (χ0) is 21.4. The lowest BCUT2D eigenvalue weighted by molar-refractivity contribution is -0.157. The average Bonchev–Trinajstić information content (AvgIpc) is 2.66. The predicted molar refractivity (Wildman–Crippen MR) is 113 cm³/mol. The van der Waals surface area contributed by atoms with E-state index in [1.165, 1.54) is 6.92 Å². The Morgan fingerprint density at radius 2 is 1.69 bits per heavy atom. The number of amides is 2. The summed E-state index contributed by atoms with van der Waals surface area (Å²) in [6.45, 7) is 5.07. The summed E-state index contributed by atoms with van der Waals surface area (Å²) < 4.78 is 5.29. The van der Waals surface area contributed by atoms with Gasteiger partial charge in [0.05, 0.1) is 6.42 Å². The number of benzene rings is 2. The first-order valence-electron chi connectivity index (χ1n) is 9.36. The smallest absolute Gasteiger partial charge is 0.329 e. The highest BCUT2D eigenvalue weighted by Gasteiger charge is 2.29. The van der Waals surface area contributed by atoms with Crippen LogP contribution in [0.1, 0.15) is 26.3 Å². The Hall–Kier alpha value is -2.86. The maximum Gasteiger partial charge on any atom is 0.329 e. The maximum atomic E-state index is 12.6. The van der Waals surface area contributed by atoms with Crippen molar-refractivity contribution in [2.24, 2.45) is 5.92 Å². The van der Waals surface area contributed by atoms with E-state index in [0.717, 1.165) is 5.56 Å². The maximum absolute atomic E-state index is 12.6. The molecule has 29 heavy (non-hydrogen) atoms. The summed E-state index contributed by atoms with van der Waals surface area (Å²) in [7, 11) is 0. The number of nitrogens with one attached hydrogen (secondary N) is 2. The van der Waals surface area contributed by atoms with Crippen LogP contribution in [-0.2, 0) is 25.5 Å². The van der Waals surface area contributed by atoms with Gasteiger partial charge in [-0.05, 0) is 36.6 Å². The van der Waals surface area contributed by atoms with Crippen LogP contribution in [0.5, 0.6) is 0 Å². The van der Waals surface area contributed by atoms with Crippen molar-refractivity contribution in [1.82, 2.24) is 5.32 Å². The van der Waals surface area contributed by atoms with Gasteiger partial charge in [0.1, 0.15) is 6.04 Å². The van der Waals surface area contributed by atoms with E-state index in [0.29, 0.717) is 10.7 Å². The van der Waals surface area contributed by atoms with Crippen molar-refractivity contribution in [3.63, 3.8) is 0 Å². The van der Waals surface area contributed by atoms with Crippen molar-refractivity contribution < 1.29 is 19.1 Å². The first-order chi connectivity index (χ1) is 13.8. The fourth-order valence-electron chi connectivity index (χ4n) is 2.61. The Kier molecular flexibility index (Phi) is 8.21. The summed E-state index contributed by atoms with van der Waals surface area (Å²) in [4.78, 5) is 37.2. The Bertz CT molecular complexity index is 855. The molecular formula is C22H25ClN2O4. The highest BCUT2D eigenvalue weighted by Crippen LogP contribution is 2.15. The van der Waals surface area contributed by atoms with Gasteiger partial charge in [-0.3, -0.25) is 9.59 Å². The first-order valence-corrected chi connectivity index (χ1v) is 9.74. The molecule has 2 aromatic carbocycles. The summed E-state index contributed by atoms with van der Waals surface area (Å²) in [5.41, 5.74) is 1.34. The third-order valence-corrected chi connectivity index (χ3v) is 4.43. The molecule has 0 fully saturated rings. The van der Waals surface area contributed by atoms with E-state index in [9.17, 15) is 14.4 Å². The predicted octanol–water partition coefficient (Wildman–Crippen LogP) is 3.59. The molecule has 0 bridgehead atoms. The van der Waals surface area contributed by atoms with Crippen LogP contribution in [0.15, 0.2) is 54.6 Å². The number of rotatable bonds is 8. The van der Waals surface area contributed by atoms with Crippen molar-refractivity contribution in [2.75, 3.05) is 5.32 Å². The van der Waals surface area contributed by atoms with Crippen LogP contribution >= 0.6 is 11.6 Å². The highest BCUT2D eigenvalue weighted by molar-refractivity contribution is 6.30. The van der Waals surface area contributed by atoms with Gasteiger partial charge in [0.2, 0.25) is 5.91 Å². The second kappa shape index (κ2) is 10.6. The summed E-state index contributed by atoms with van der Waals surface area (Å²) in [5, 5.41) is 5.83. The van der Waals surface area contributed by atoms with E-state index in [2.05, 4.69) is 10.6 Å². The van der Waals surface area contributed by atoms with Crippen molar-refractivity contribution >= 4 is 35.1 Å². The Morgan fingerprint density at radius 3 is 2.31 bits per heavy atom. The minimum atomic E-state index is -1.03. The number of carbonyl (C=O) groups is 3. The lowest BCUT2D eigenvalue weighted by atomic mass is 10.0. The highest BCUT2D eigenvalue weighted by atomic mass is 35.5. The molecule has 0 aliphatic rings. The van der Waals surface area contributed by atoms with Crippen molar-refractivity contribution in [1.29, 1.82) is 0 Å². The molecule has 6 nitrogen and oxygen atoms in total. The molecule has 0 saturated carbocycles. The minimum absolute atomic E-state index is 0.155. The zero-order valence-electron chi connectivity index (χ0n) is 16.6. The first kappa shape index (κ1) is 22.4. The largest absolute Gasteiger partial charge is 0.451 e. The van der Waals surface area contributed by atoms with Gasteiger partial charge in [-0.2, -0.15) is 0 Å². The van der Waals surface area contributed by atoms with Crippen LogP contribution in [0.3, 0.4) is 0 Å². The lowest BCUT2D eigenvalue weighted by Gasteiger charge is -2.23. The molecule has 0 radical (unpaired) electrons. The SMILES string of the molecule is CC(OC(=O)[C@@H](NC(=O)Cc1ccccc1)C(C)C)C(=O)Nc1cccc(Cl)c1. The van der Waals surface area contributed by atoms with E-state index in [1.54, 1.807) is 38.1 Å². The van der Waals surface area contributed by atoms with Gasteiger partial charge in [-0.25, -0.2) is 4.79 Å². The Balaban J connectivity index is 1.93. The normalized spacial score (nSPS) is 12.7. The molecule has 0 spiro atoms. The number of hydrogen-bond acceptors (Lipinski definition) is 4. The molecule has 1 unspecified atom stereocenters. The monoisotopic (exact) mass is 416 g/mol. The lowest BCUT2D eigenvalue weighted by Crippen LogP contribution is -2.47. The molecule has 0 aliphatic carbocycles. The fourth-order valence-corrected chi connectivity index (χ4v) is 2.80. The van der Waals surface area contributed by atoms with Gasteiger partial charge in [0, 0.05) is 10.7 Å². The molecule has 2 N–H and O–H groups in total. The van der Waals surface area contributed by atoms with E-state index in [-0.39, 0.29) is 18.2 Å². The molecule has 2 aromatic rings. The molecule has 0 saturated heterocycles. The zero-order valence-corrected chi connectivity index (χ0v) is 17.4. The fraction of sp³-hybridized carbons (Fsp3) is 0.318. The second-order valence-electron chi connectivity index (χ2n) is 7.03. The van der Waals surface area contributed by atoms with Gasteiger partial charge >= 0.3 is 5.97 Å². The van der Waals surface area contributed by atoms with Crippen LogP contribution in [0.2, 0.25) is 5.02 Å². The van der Waals surface area contributed by atoms with E-state index < -0.39 is 24.0 Å². The third kappa shape index (κ3) is 7.23. The van der Waals surface area contributed by atoms with Gasteiger partial charge in [0.25, 0.3) is 5.91 Å². The topological polar surface area (TPSA) is 84.5 Å². The molecule has 2 rings (SSSR count). The molecular weight excluding hydrogens is 392 g/mol. The van der Waals surface area contributed by atoms with E-state index >= 15 is 0 Å². The molecule has 7 heteroatoms. The van der Waals surface area contributed by atoms with Crippen LogP contribution in [0.4, 0.5) is 5.69 Å². The molecule has 2 amide bonds. The van der Waals surface area contributed by atoms with Crippen LogP contribution in [-0.4, -0.2) is 29.9 Å². The number of carbonyl (C=O) groups excluding carboxylic acids is 3. The average molecular weight is 417 g/mol. The number of halogens is 1. The van der Waals surface area contributed by atoms with E-state index in [4.69, 9.17) is 16.3 Å². The minimum Gasteiger partial charge on any atom is -0.451 e. The molecule has 0 heterocycles. The van der Waals surface area contributed by atoms with Gasteiger partial charge in [0.15, 0.2) is 6.10 Å². The summed E-state index contributed by atoms with van der Waals surface area (Å²) in [5.74, 6) is -1.64. The number of hydrogen-bond donors (Lipinski definition) is 2. The quantitative estimate of drug-likeness (QED) is 0.644. The summed E-state index contributed by atoms with van der Waals surface area (Å²) in [6.07, 6.45) is -0.879. The molecule has 2 atom stereocenters. The van der Waals surface area contributed by atoms with Crippen LogP contribution in [0, 0.1) is 5.92 Å². The van der Waals surface area contributed by atoms with Gasteiger partial charge in [-0.15, -0.1) is 0 Å². The molecule has 0 aromatic heterocycles. The van der Waals surface area contributed by atoms with E-state index in [1.807, 2.05) is 30.3 Å². The standard InChI is InChI=1S/C22H25ClN2O4/c1-14(2)20(25-19(26)12-16-8-5-4-6-9-16)22(28)29-15(3)21(27)24-18-11-7-10-17(23)13-18/h4-11,13-15,20H,12H2,1-3H3,(H,24,27)(H,25,26)/t15?,20-/m0/s1. The Morgan fingerprint density at radius 1 is 1.00 bits per heavy atom. The van der Waals surface area contributed by atoms with Gasteiger partial charge < -0.3 is 15.4 Å². The summed E-state index contributed by atoms with van der Waals surface area (Å²) >= 11 is 5.90. The number of ether oxygens (including phenoxy) is 1. The second-order valence-corrected chi connectivity index (χ2v) is 7.47. The summed E-state index contributed by atoms with van der Waals surface area (Å²) in [6, 6.07) is 15.0. The van der Waals surface area contributed by atoms with Crippen molar-refractivity contribution in [3.05, 3.63) is 65.2 Å². The van der Waals surface area contributed by atoms with Crippen LogP contribution in [0.25, 0.3) is 0 Å². The Labute approximate surface area is 175 Å². The van der Waals surface area contributed by atoms with Crippen LogP contribution < -0.4 is 10.6 Å². The van der Waals surface area contributed by atoms with Gasteiger partial charge in [-0.1, -0.05) is 61.8 Å². The van der Waals surface area contributed by atoms with Crippen molar-refractivity contribution in [2.45, 2.75) is 39.3 Å². The number of anilines is 1. The molecule has 0 aliphatic heterocycles.